The standard InChI is InChI=1S/C28H31F2N9O7/c1-19(37-8-9-38(26(37)40)21-3-5-22(6-4-21)39-14-31-33-34-39)28(42,24-7-2-20(29)10-25(24)30)13-36-16-35(15-32-36)17-45-27(41)46-23-11-43-18-44-12-23/h2-7,10,14-15,19,23,42H,8-9,11-13,16-18H2,1H3/t19-,28-/m1/s1. The number of hydrogen-bond acceptors (Lipinski definition) is 13. The summed E-state index contributed by atoms with van der Waals surface area (Å²) in [6.45, 7) is 2.18. The molecule has 46 heavy (non-hydrogen) atoms. The van der Waals surface area contributed by atoms with Crippen molar-refractivity contribution in [1.29, 1.82) is 0 Å². The van der Waals surface area contributed by atoms with Crippen molar-refractivity contribution < 1.29 is 42.4 Å². The van der Waals surface area contributed by atoms with Gasteiger partial charge in [0.25, 0.3) is 0 Å². The molecule has 244 valence electrons. The van der Waals surface area contributed by atoms with Crippen molar-refractivity contribution in [1.82, 2.24) is 35.0 Å². The third-order valence-electron chi connectivity index (χ3n) is 7.90. The maximum Gasteiger partial charge on any atom is 0.510 e. The zero-order chi connectivity index (χ0) is 32.3. The van der Waals surface area contributed by atoms with Gasteiger partial charge in [-0.15, -0.1) is 5.10 Å². The van der Waals surface area contributed by atoms with E-state index in [1.54, 1.807) is 36.1 Å². The van der Waals surface area contributed by atoms with Crippen molar-refractivity contribution in [2.45, 2.75) is 24.7 Å². The van der Waals surface area contributed by atoms with Gasteiger partial charge in [-0.25, -0.2) is 23.1 Å². The molecule has 6 rings (SSSR count). The number of urea groups is 1. The summed E-state index contributed by atoms with van der Waals surface area (Å²) in [6.07, 6.45) is 1.32. The molecule has 2 saturated heterocycles. The number of amides is 2. The SMILES string of the molecule is C[C@@H](N1CCN(c2ccc(-n3cnnn3)cc2)C1=O)[C@](O)(CN1CN(COC(=O)OC2COCOC2)C=N1)c1ccc(F)cc1F. The van der Waals surface area contributed by atoms with Gasteiger partial charge in [-0.1, -0.05) is 6.07 Å². The molecule has 1 aromatic heterocycles. The van der Waals surface area contributed by atoms with Gasteiger partial charge in [-0.3, -0.25) is 9.91 Å². The van der Waals surface area contributed by atoms with E-state index in [0.717, 1.165) is 12.1 Å². The third kappa shape index (κ3) is 6.53. The van der Waals surface area contributed by atoms with E-state index < -0.39 is 41.6 Å². The van der Waals surface area contributed by atoms with E-state index in [-0.39, 0.29) is 52.1 Å². The summed E-state index contributed by atoms with van der Waals surface area (Å²) in [5.74, 6) is -1.79. The Morgan fingerprint density at radius 1 is 1.13 bits per heavy atom. The van der Waals surface area contributed by atoms with E-state index >= 15 is 4.39 Å². The van der Waals surface area contributed by atoms with Crippen LogP contribution in [0.4, 0.5) is 24.1 Å². The lowest BCUT2D eigenvalue weighted by Gasteiger charge is -2.41. The highest BCUT2D eigenvalue weighted by Gasteiger charge is 2.47. The fourth-order valence-corrected chi connectivity index (χ4v) is 5.47. The Hall–Kier alpha value is -4.94. The monoisotopic (exact) mass is 643 g/mol. The second kappa shape index (κ2) is 13.2. The molecule has 3 aliphatic heterocycles. The molecule has 4 heterocycles. The van der Waals surface area contributed by atoms with E-state index in [9.17, 15) is 19.1 Å². The third-order valence-corrected chi connectivity index (χ3v) is 7.90. The van der Waals surface area contributed by atoms with E-state index in [2.05, 4.69) is 20.6 Å². The maximum absolute atomic E-state index is 15.3. The number of nitrogens with zero attached hydrogens (tertiary/aromatic N) is 9. The molecule has 0 bridgehead atoms. The van der Waals surface area contributed by atoms with Crippen LogP contribution in [0.15, 0.2) is 53.9 Å². The fraction of sp³-hybridized carbons (Fsp3) is 0.429. The zero-order valence-corrected chi connectivity index (χ0v) is 24.7. The molecular formula is C28H31F2N9O7. The number of aliphatic hydroxyl groups is 1. The molecule has 1 N–H and O–H groups in total. The number of carbonyl (C=O) groups is 2. The largest absolute Gasteiger partial charge is 0.510 e. The number of halogens is 2. The van der Waals surface area contributed by atoms with Gasteiger partial charge in [0.2, 0.25) is 0 Å². The second-order valence-electron chi connectivity index (χ2n) is 10.9. The van der Waals surface area contributed by atoms with Gasteiger partial charge in [0.05, 0.1) is 31.5 Å². The first kappa shape index (κ1) is 31.1. The van der Waals surface area contributed by atoms with Crippen LogP contribution in [0.1, 0.15) is 12.5 Å². The van der Waals surface area contributed by atoms with Gasteiger partial charge in [-0.2, -0.15) is 5.10 Å². The molecule has 0 spiro atoms. The fourth-order valence-electron chi connectivity index (χ4n) is 5.47. The lowest BCUT2D eigenvalue weighted by Crippen LogP contribution is -2.55. The molecular weight excluding hydrogens is 612 g/mol. The Balaban J connectivity index is 1.14. The zero-order valence-electron chi connectivity index (χ0n) is 24.7. The number of aromatic nitrogens is 4. The average Bonchev–Trinajstić information content (AvgIpc) is 3.82. The molecule has 0 aliphatic carbocycles. The summed E-state index contributed by atoms with van der Waals surface area (Å²) in [5, 5.41) is 29.0. The van der Waals surface area contributed by atoms with E-state index in [4.69, 9.17) is 18.9 Å². The van der Waals surface area contributed by atoms with Crippen LogP contribution in [-0.2, 0) is 24.5 Å². The molecule has 0 unspecified atom stereocenters. The molecule has 0 radical (unpaired) electrons. The molecule has 2 aromatic carbocycles. The van der Waals surface area contributed by atoms with Crippen LogP contribution in [0.25, 0.3) is 5.69 Å². The lowest BCUT2D eigenvalue weighted by atomic mass is 9.85. The number of hydrogen-bond donors (Lipinski definition) is 1. The van der Waals surface area contributed by atoms with Crippen molar-refractivity contribution in [2.24, 2.45) is 5.10 Å². The minimum absolute atomic E-state index is 0.0501. The number of ether oxygens (including phenoxy) is 4. The van der Waals surface area contributed by atoms with Crippen LogP contribution < -0.4 is 4.90 Å². The lowest BCUT2D eigenvalue weighted by molar-refractivity contribution is -0.158. The van der Waals surface area contributed by atoms with Crippen LogP contribution in [-0.4, -0.2) is 124 Å². The molecule has 16 nitrogen and oxygen atoms in total. The number of carbonyl (C=O) groups excluding carboxylic acids is 2. The summed E-state index contributed by atoms with van der Waals surface area (Å²) >= 11 is 0. The Morgan fingerprint density at radius 3 is 2.61 bits per heavy atom. The highest BCUT2D eigenvalue weighted by Crippen LogP contribution is 2.35. The molecule has 3 aliphatic rings. The maximum atomic E-state index is 15.3. The van der Waals surface area contributed by atoms with E-state index in [0.29, 0.717) is 24.0 Å². The predicted octanol–water partition coefficient (Wildman–Crippen LogP) is 1.46. The average molecular weight is 644 g/mol. The Labute approximate surface area is 261 Å². The molecule has 2 fully saturated rings. The molecule has 2 amide bonds. The van der Waals surface area contributed by atoms with Crippen LogP contribution >= 0.6 is 0 Å². The number of benzene rings is 2. The van der Waals surface area contributed by atoms with Gasteiger partial charge in [0.1, 0.15) is 43.4 Å². The summed E-state index contributed by atoms with van der Waals surface area (Å²) in [4.78, 5) is 30.3. The van der Waals surface area contributed by atoms with Gasteiger partial charge in [0, 0.05) is 30.4 Å². The van der Waals surface area contributed by atoms with Crippen molar-refractivity contribution in [2.75, 3.05) is 57.9 Å². The smallest absolute Gasteiger partial charge is 0.426 e. The van der Waals surface area contributed by atoms with Crippen LogP contribution in [0, 0.1) is 11.6 Å². The van der Waals surface area contributed by atoms with Crippen LogP contribution in [0.5, 0.6) is 0 Å². The van der Waals surface area contributed by atoms with Gasteiger partial charge < -0.3 is 33.9 Å². The quantitative estimate of drug-likeness (QED) is 0.318. The first-order chi connectivity index (χ1) is 22.2. The van der Waals surface area contributed by atoms with Crippen LogP contribution in [0.3, 0.4) is 0 Å². The summed E-state index contributed by atoms with van der Waals surface area (Å²) in [6, 6.07) is 8.50. The minimum Gasteiger partial charge on any atom is -0.426 e. The van der Waals surface area contributed by atoms with Gasteiger partial charge in [0.15, 0.2) is 12.8 Å². The van der Waals surface area contributed by atoms with Crippen molar-refractivity contribution >= 4 is 24.2 Å². The highest BCUT2D eigenvalue weighted by molar-refractivity contribution is 5.94. The number of rotatable bonds is 10. The van der Waals surface area contributed by atoms with Crippen molar-refractivity contribution in [3.63, 3.8) is 0 Å². The minimum atomic E-state index is -2.04. The number of anilines is 1. The Kier molecular flexibility index (Phi) is 8.91. The van der Waals surface area contributed by atoms with E-state index in [1.807, 2.05) is 0 Å². The Morgan fingerprint density at radius 2 is 1.89 bits per heavy atom. The van der Waals surface area contributed by atoms with Crippen LogP contribution in [0.2, 0.25) is 0 Å². The summed E-state index contributed by atoms with van der Waals surface area (Å²) in [7, 11) is 0. The van der Waals surface area contributed by atoms with Crippen molar-refractivity contribution in [3.8, 4) is 5.69 Å². The number of hydrazone groups is 1. The first-order valence-corrected chi connectivity index (χ1v) is 14.3. The Bertz CT molecular complexity index is 1560. The van der Waals surface area contributed by atoms with Gasteiger partial charge in [-0.05, 0) is 47.7 Å². The van der Waals surface area contributed by atoms with Crippen molar-refractivity contribution in [3.05, 3.63) is 66.0 Å². The molecule has 3 aromatic rings. The molecule has 2 atom stereocenters. The summed E-state index contributed by atoms with van der Waals surface area (Å²) < 4.78 is 51.1. The van der Waals surface area contributed by atoms with Gasteiger partial charge >= 0.3 is 12.2 Å². The second-order valence-corrected chi connectivity index (χ2v) is 10.9. The molecule has 18 heteroatoms. The number of β-amino-alcohol motifs (C(OH)–C–C–N with tert-alkyl or cyclic N) is 1. The normalized spacial score (nSPS) is 19.1. The molecule has 0 saturated carbocycles. The predicted molar refractivity (Wildman–Crippen MR) is 153 cm³/mol. The van der Waals surface area contributed by atoms with E-state index in [1.165, 1.54) is 32.2 Å². The topological polar surface area (TPSA) is 160 Å². The first-order valence-electron chi connectivity index (χ1n) is 14.3. The number of tetrazole rings is 1. The summed E-state index contributed by atoms with van der Waals surface area (Å²) in [5.41, 5.74) is -0.942. The highest BCUT2D eigenvalue weighted by atomic mass is 19.1.